The van der Waals surface area contributed by atoms with Crippen molar-refractivity contribution in [1.82, 2.24) is 4.72 Å². The quantitative estimate of drug-likeness (QED) is 0.724. The first-order chi connectivity index (χ1) is 12.7. The van der Waals surface area contributed by atoms with E-state index in [4.69, 9.17) is 9.47 Å². The molecule has 0 atom stereocenters. The summed E-state index contributed by atoms with van der Waals surface area (Å²) in [5.74, 6) is 0.977. The van der Waals surface area contributed by atoms with Crippen molar-refractivity contribution < 1.29 is 35.9 Å². The smallest absolute Gasteiger partial charge is 0.418 e. The summed E-state index contributed by atoms with van der Waals surface area (Å²) in [6.07, 6.45) is -4.76. The van der Waals surface area contributed by atoms with Crippen molar-refractivity contribution in [3.8, 4) is 11.5 Å². The lowest BCUT2D eigenvalue weighted by atomic mass is 10.1. The zero-order valence-electron chi connectivity index (χ0n) is 13.5. The highest BCUT2D eigenvalue weighted by Gasteiger charge is 2.35. The third-order valence-electron chi connectivity index (χ3n) is 3.72. The van der Waals surface area contributed by atoms with Gasteiger partial charge in [-0.1, -0.05) is 6.07 Å². The topological polar surface area (TPSA) is 93.7 Å². The van der Waals surface area contributed by atoms with Crippen molar-refractivity contribution in [2.45, 2.75) is 17.6 Å². The van der Waals surface area contributed by atoms with E-state index in [1.54, 1.807) is 18.2 Å². The molecule has 0 saturated carbocycles. The standard InChI is InChI=1S/C16H13F3N2O5S/c17-16(18,19)12-6-11(2-3-13(12)20-8-22)27(23,24)21-7-10-1-4-14-15(5-10)26-9-25-14/h1-6,8,21H,7,9H2,(H,20,22). The number of ether oxygens (including phenoxy) is 2. The molecule has 2 N–H and O–H groups in total. The Bertz CT molecular complexity index is 977. The van der Waals surface area contributed by atoms with E-state index in [0.717, 1.165) is 12.1 Å². The number of halogens is 3. The SMILES string of the molecule is O=CNc1ccc(S(=O)(=O)NCc2ccc3c(c2)OCO3)cc1C(F)(F)F. The summed E-state index contributed by atoms with van der Waals surface area (Å²) in [7, 11) is -4.23. The Morgan fingerprint density at radius 2 is 1.81 bits per heavy atom. The van der Waals surface area contributed by atoms with Crippen LogP contribution in [0.25, 0.3) is 0 Å². The molecule has 0 aromatic heterocycles. The minimum atomic E-state index is -4.84. The van der Waals surface area contributed by atoms with Gasteiger partial charge in [-0.3, -0.25) is 4.79 Å². The number of hydrogen-bond donors (Lipinski definition) is 2. The second-order valence-corrected chi connectivity index (χ2v) is 7.25. The first kappa shape index (κ1) is 19.0. The second-order valence-electron chi connectivity index (χ2n) is 5.48. The number of rotatable bonds is 6. The van der Waals surface area contributed by atoms with E-state index in [9.17, 15) is 26.4 Å². The summed E-state index contributed by atoms with van der Waals surface area (Å²) in [4.78, 5) is 9.87. The molecule has 2 aromatic carbocycles. The minimum absolute atomic E-state index is 0.0614. The molecule has 0 bridgehead atoms. The lowest BCUT2D eigenvalue weighted by Crippen LogP contribution is -2.24. The van der Waals surface area contributed by atoms with Crippen molar-refractivity contribution >= 4 is 22.1 Å². The average molecular weight is 402 g/mol. The van der Waals surface area contributed by atoms with Gasteiger partial charge in [0.2, 0.25) is 23.2 Å². The van der Waals surface area contributed by atoms with E-state index in [0.29, 0.717) is 23.1 Å². The van der Waals surface area contributed by atoms with Crippen LogP contribution < -0.4 is 19.5 Å². The lowest BCUT2D eigenvalue weighted by molar-refractivity contribution is -0.137. The Labute approximate surface area is 152 Å². The molecule has 1 amide bonds. The van der Waals surface area contributed by atoms with E-state index < -0.39 is 32.3 Å². The van der Waals surface area contributed by atoms with Gasteiger partial charge in [-0.25, -0.2) is 13.1 Å². The van der Waals surface area contributed by atoms with Gasteiger partial charge in [0.15, 0.2) is 11.5 Å². The van der Waals surface area contributed by atoms with Crippen LogP contribution in [0.15, 0.2) is 41.3 Å². The maximum absolute atomic E-state index is 13.1. The van der Waals surface area contributed by atoms with Crippen LogP contribution in [0.5, 0.6) is 11.5 Å². The van der Waals surface area contributed by atoms with Crippen LogP contribution in [0.2, 0.25) is 0 Å². The van der Waals surface area contributed by atoms with Crippen LogP contribution in [-0.2, 0) is 27.5 Å². The molecule has 144 valence electrons. The molecule has 0 radical (unpaired) electrons. The predicted octanol–water partition coefficient (Wildman–Crippen LogP) is 2.48. The largest absolute Gasteiger partial charge is 0.454 e. The van der Waals surface area contributed by atoms with Crippen molar-refractivity contribution in [3.63, 3.8) is 0 Å². The van der Waals surface area contributed by atoms with E-state index in [1.165, 1.54) is 0 Å². The summed E-state index contributed by atoms with van der Waals surface area (Å²) >= 11 is 0. The monoisotopic (exact) mass is 402 g/mol. The van der Waals surface area contributed by atoms with Crippen molar-refractivity contribution in [2.75, 3.05) is 12.1 Å². The number of hydrogen-bond acceptors (Lipinski definition) is 5. The van der Waals surface area contributed by atoms with Gasteiger partial charge in [0, 0.05) is 6.54 Å². The fourth-order valence-corrected chi connectivity index (χ4v) is 3.47. The Morgan fingerprint density at radius 1 is 1.07 bits per heavy atom. The maximum Gasteiger partial charge on any atom is 0.418 e. The molecular weight excluding hydrogens is 389 g/mol. The van der Waals surface area contributed by atoms with Gasteiger partial charge in [-0.2, -0.15) is 13.2 Å². The van der Waals surface area contributed by atoms with Crippen LogP contribution in [0, 0.1) is 0 Å². The second kappa shape index (κ2) is 7.08. The molecule has 2 aromatic rings. The van der Waals surface area contributed by atoms with Crippen LogP contribution >= 0.6 is 0 Å². The highest BCUT2D eigenvalue weighted by Crippen LogP contribution is 2.36. The van der Waals surface area contributed by atoms with Gasteiger partial charge in [-0.15, -0.1) is 0 Å². The molecule has 3 rings (SSSR count). The number of fused-ring (bicyclic) bond motifs is 1. The molecule has 1 aliphatic rings. The number of anilines is 1. The zero-order valence-corrected chi connectivity index (χ0v) is 14.4. The van der Waals surface area contributed by atoms with Gasteiger partial charge in [0.1, 0.15) is 0 Å². The predicted molar refractivity (Wildman–Crippen MR) is 87.7 cm³/mol. The Kier molecular flexibility index (Phi) is 4.98. The van der Waals surface area contributed by atoms with Crippen LogP contribution in [0.3, 0.4) is 0 Å². The molecule has 27 heavy (non-hydrogen) atoms. The molecule has 1 heterocycles. The molecule has 1 aliphatic heterocycles. The number of alkyl halides is 3. The normalized spacial score (nSPS) is 13.4. The highest BCUT2D eigenvalue weighted by atomic mass is 32.2. The summed E-state index contributed by atoms with van der Waals surface area (Å²) in [5.41, 5.74) is -1.26. The first-order valence-corrected chi connectivity index (χ1v) is 8.98. The number of sulfonamides is 1. The fourth-order valence-electron chi connectivity index (χ4n) is 2.43. The molecular formula is C16H13F3N2O5S. The number of carbonyl (C=O) groups excluding carboxylic acids is 1. The molecule has 0 aliphatic carbocycles. The number of carbonyl (C=O) groups is 1. The molecule has 7 nitrogen and oxygen atoms in total. The van der Waals surface area contributed by atoms with Gasteiger partial charge in [-0.05, 0) is 35.9 Å². The number of amides is 1. The fraction of sp³-hybridized carbons (Fsp3) is 0.188. The minimum Gasteiger partial charge on any atom is -0.454 e. The molecule has 0 fully saturated rings. The van der Waals surface area contributed by atoms with Gasteiger partial charge in [0.25, 0.3) is 0 Å². The van der Waals surface area contributed by atoms with E-state index in [-0.39, 0.29) is 19.7 Å². The van der Waals surface area contributed by atoms with E-state index in [1.807, 2.05) is 5.32 Å². The zero-order chi connectivity index (χ0) is 19.7. The van der Waals surface area contributed by atoms with Crippen molar-refractivity contribution in [2.24, 2.45) is 0 Å². The summed E-state index contributed by atoms with van der Waals surface area (Å²) in [6, 6.07) is 7.11. The molecule has 11 heteroatoms. The van der Waals surface area contributed by atoms with E-state index >= 15 is 0 Å². The van der Waals surface area contributed by atoms with Crippen LogP contribution in [0.4, 0.5) is 18.9 Å². The summed E-state index contributed by atoms with van der Waals surface area (Å²) < 4.78 is 76.7. The molecule has 0 saturated heterocycles. The third kappa shape index (κ3) is 4.14. The van der Waals surface area contributed by atoms with Crippen molar-refractivity contribution in [1.29, 1.82) is 0 Å². The average Bonchev–Trinajstić information content (AvgIpc) is 3.07. The lowest BCUT2D eigenvalue weighted by Gasteiger charge is -2.14. The van der Waals surface area contributed by atoms with E-state index in [2.05, 4.69) is 4.72 Å². The molecule has 0 unspecified atom stereocenters. The highest BCUT2D eigenvalue weighted by molar-refractivity contribution is 7.89. The Morgan fingerprint density at radius 3 is 2.52 bits per heavy atom. The van der Waals surface area contributed by atoms with Crippen molar-refractivity contribution in [3.05, 3.63) is 47.5 Å². The Balaban J connectivity index is 1.83. The van der Waals surface area contributed by atoms with Crippen LogP contribution in [0.1, 0.15) is 11.1 Å². The Hall–Kier alpha value is -2.79. The third-order valence-corrected chi connectivity index (χ3v) is 5.12. The summed E-state index contributed by atoms with van der Waals surface area (Å²) in [5, 5.41) is 1.90. The summed E-state index contributed by atoms with van der Waals surface area (Å²) in [6.45, 7) is -0.0967. The van der Waals surface area contributed by atoms with Crippen LogP contribution in [-0.4, -0.2) is 21.6 Å². The number of nitrogens with one attached hydrogen (secondary N) is 2. The first-order valence-electron chi connectivity index (χ1n) is 7.50. The number of benzene rings is 2. The van der Waals surface area contributed by atoms with Gasteiger partial charge in [0.05, 0.1) is 16.1 Å². The maximum atomic E-state index is 13.1. The van der Waals surface area contributed by atoms with Gasteiger partial charge >= 0.3 is 6.18 Å². The molecule has 0 spiro atoms. The van der Waals surface area contributed by atoms with Gasteiger partial charge < -0.3 is 14.8 Å².